The topological polar surface area (TPSA) is 29.3 Å². The van der Waals surface area contributed by atoms with Crippen molar-refractivity contribution >= 4 is 21.6 Å². The Morgan fingerprint density at radius 1 is 1.19 bits per heavy atom. The molecular formula is C17H20BrFN2. The average Bonchev–Trinajstić information content (AvgIpc) is 2.48. The molecule has 0 heterocycles. The minimum atomic E-state index is -0.205. The van der Waals surface area contributed by atoms with Crippen LogP contribution in [0.2, 0.25) is 0 Å². The van der Waals surface area contributed by atoms with E-state index >= 15 is 0 Å². The summed E-state index contributed by atoms with van der Waals surface area (Å²) in [5.74, 6) is -0.205. The fraction of sp³-hybridized carbons (Fsp3) is 0.294. The molecule has 2 N–H and O–H groups in total. The standard InChI is InChI=1S/C17H20BrFN2/c1-2-21(16-5-3-4-15(19)12-16)11-10-17(20)13-6-8-14(18)9-7-13/h3-9,12,17H,2,10-11,20H2,1H3. The van der Waals surface area contributed by atoms with Gasteiger partial charge in [-0.25, -0.2) is 4.39 Å². The zero-order chi connectivity index (χ0) is 15.2. The number of rotatable bonds is 6. The fourth-order valence-corrected chi connectivity index (χ4v) is 2.58. The van der Waals surface area contributed by atoms with Gasteiger partial charge in [0.05, 0.1) is 0 Å². The van der Waals surface area contributed by atoms with E-state index in [1.54, 1.807) is 12.1 Å². The number of hydrogen-bond acceptors (Lipinski definition) is 2. The van der Waals surface area contributed by atoms with Crippen LogP contribution in [0.15, 0.2) is 53.0 Å². The minimum Gasteiger partial charge on any atom is -0.372 e. The van der Waals surface area contributed by atoms with Gasteiger partial charge in [0.2, 0.25) is 0 Å². The smallest absolute Gasteiger partial charge is 0.125 e. The molecular weight excluding hydrogens is 331 g/mol. The monoisotopic (exact) mass is 350 g/mol. The Kier molecular flexibility index (Phi) is 5.76. The fourth-order valence-electron chi connectivity index (χ4n) is 2.31. The SMILES string of the molecule is CCN(CCC(N)c1ccc(Br)cc1)c1cccc(F)c1. The number of hydrogen-bond donors (Lipinski definition) is 1. The summed E-state index contributed by atoms with van der Waals surface area (Å²) in [6, 6.07) is 14.7. The third-order valence-corrected chi connectivity index (χ3v) is 4.09. The Morgan fingerprint density at radius 2 is 1.90 bits per heavy atom. The summed E-state index contributed by atoms with van der Waals surface area (Å²) in [7, 11) is 0. The molecule has 0 radical (unpaired) electrons. The number of benzene rings is 2. The second kappa shape index (κ2) is 7.57. The highest BCUT2D eigenvalue weighted by molar-refractivity contribution is 9.10. The van der Waals surface area contributed by atoms with Crippen LogP contribution in [0.4, 0.5) is 10.1 Å². The van der Waals surface area contributed by atoms with E-state index < -0.39 is 0 Å². The van der Waals surface area contributed by atoms with Crippen LogP contribution >= 0.6 is 15.9 Å². The van der Waals surface area contributed by atoms with Crippen molar-refractivity contribution in [3.63, 3.8) is 0 Å². The normalized spacial score (nSPS) is 12.2. The molecule has 4 heteroatoms. The maximum Gasteiger partial charge on any atom is 0.125 e. The van der Waals surface area contributed by atoms with E-state index in [1.807, 2.05) is 30.3 Å². The van der Waals surface area contributed by atoms with Crippen LogP contribution in [0.1, 0.15) is 24.9 Å². The van der Waals surface area contributed by atoms with Crippen molar-refractivity contribution in [3.8, 4) is 0 Å². The quantitative estimate of drug-likeness (QED) is 0.830. The second-order valence-electron chi connectivity index (χ2n) is 5.01. The molecule has 0 saturated heterocycles. The number of nitrogens with two attached hydrogens (primary N) is 1. The maximum atomic E-state index is 13.3. The molecule has 1 unspecified atom stereocenters. The van der Waals surface area contributed by atoms with Crippen LogP contribution < -0.4 is 10.6 Å². The Balaban J connectivity index is 1.98. The molecule has 2 rings (SSSR count). The van der Waals surface area contributed by atoms with Gasteiger partial charge in [-0.1, -0.05) is 34.1 Å². The summed E-state index contributed by atoms with van der Waals surface area (Å²) in [5, 5.41) is 0. The Hall–Kier alpha value is -1.39. The molecule has 112 valence electrons. The summed E-state index contributed by atoms with van der Waals surface area (Å²) in [6.45, 7) is 3.70. The van der Waals surface area contributed by atoms with Crippen LogP contribution in [0.3, 0.4) is 0 Å². The first kappa shape index (κ1) is 16.0. The third kappa shape index (κ3) is 4.55. The van der Waals surface area contributed by atoms with E-state index in [4.69, 9.17) is 5.73 Å². The Labute approximate surface area is 133 Å². The van der Waals surface area contributed by atoms with E-state index in [0.29, 0.717) is 0 Å². The molecule has 2 nitrogen and oxygen atoms in total. The predicted molar refractivity (Wildman–Crippen MR) is 90.0 cm³/mol. The van der Waals surface area contributed by atoms with E-state index in [1.165, 1.54) is 6.07 Å². The maximum absolute atomic E-state index is 13.3. The number of nitrogens with zero attached hydrogens (tertiary/aromatic N) is 1. The van der Waals surface area contributed by atoms with Gasteiger partial charge in [0, 0.05) is 29.3 Å². The van der Waals surface area contributed by atoms with E-state index in [-0.39, 0.29) is 11.9 Å². The summed E-state index contributed by atoms with van der Waals surface area (Å²) in [4.78, 5) is 2.14. The molecule has 0 aromatic heterocycles. The van der Waals surface area contributed by atoms with Crippen molar-refractivity contribution in [1.82, 2.24) is 0 Å². The van der Waals surface area contributed by atoms with Gasteiger partial charge >= 0.3 is 0 Å². The number of halogens is 2. The van der Waals surface area contributed by atoms with Gasteiger partial charge in [-0.05, 0) is 49.2 Å². The highest BCUT2D eigenvalue weighted by atomic mass is 79.9. The average molecular weight is 351 g/mol. The van der Waals surface area contributed by atoms with Gasteiger partial charge in [0.15, 0.2) is 0 Å². The molecule has 0 aliphatic carbocycles. The van der Waals surface area contributed by atoms with Gasteiger partial charge < -0.3 is 10.6 Å². The molecule has 2 aromatic rings. The molecule has 0 saturated carbocycles. The summed E-state index contributed by atoms with van der Waals surface area (Å²) >= 11 is 3.42. The zero-order valence-corrected chi connectivity index (χ0v) is 13.7. The van der Waals surface area contributed by atoms with Crippen LogP contribution in [-0.2, 0) is 0 Å². The van der Waals surface area contributed by atoms with Gasteiger partial charge in [-0.15, -0.1) is 0 Å². The molecule has 0 amide bonds. The van der Waals surface area contributed by atoms with Gasteiger partial charge in [-0.2, -0.15) is 0 Å². The summed E-state index contributed by atoms with van der Waals surface area (Å²) in [5.41, 5.74) is 8.26. The lowest BCUT2D eigenvalue weighted by Crippen LogP contribution is -2.27. The van der Waals surface area contributed by atoms with E-state index in [9.17, 15) is 4.39 Å². The second-order valence-corrected chi connectivity index (χ2v) is 5.92. The third-order valence-electron chi connectivity index (χ3n) is 3.56. The van der Waals surface area contributed by atoms with Crippen molar-refractivity contribution in [2.75, 3.05) is 18.0 Å². The van der Waals surface area contributed by atoms with E-state index in [2.05, 4.69) is 27.8 Å². The summed E-state index contributed by atoms with van der Waals surface area (Å²) < 4.78 is 14.4. The molecule has 0 fully saturated rings. The van der Waals surface area contributed by atoms with Gasteiger partial charge in [0.25, 0.3) is 0 Å². The zero-order valence-electron chi connectivity index (χ0n) is 12.1. The number of anilines is 1. The van der Waals surface area contributed by atoms with Crippen molar-refractivity contribution in [3.05, 3.63) is 64.4 Å². The van der Waals surface area contributed by atoms with Crippen molar-refractivity contribution in [2.45, 2.75) is 19.4 Å². The van der Waals surface area contributed by atoms with Crippen LogP contribution in [0.5, 0.6) is 0 Å². The van der Waals surface area contributed by atoms with Gasteiger partial charge in [0.1, 0.15) is 5.82 Å². The van der Waals surface area contributed by atoms with Gasteiger partial charge in [-0.3, -0.25) is 0 Å². The van der Waals surface area contributed by atoms with E-state index in [0.717, 1.165) is 35.2 Å². The first-order chi connectivity index (χ1) is 10.1. The molecule has 0 bridgehead atoms. The van der Waals surface area contributed by atoms with Crippen molar-refractivity contribution in [1.29, 1.82) is 0 Å². The molecule has 0 aliphatic rings. The van der Waals surface area contributed by atoms with Crippen molar-refractivity contribution in [2.24, 2.45) is 5.73 Å². The Bertz CT molecular complexity index is 571. The molecule has 1 atom stereocenters. The summed E-state index contributed by atoms with van der Waals surface area (Å²) in [6.07, 6.45) is 0.825. The van der Waals surface area contributed by atoms with Crippen LogP contribution in [0.25, 0.3) is 0 Å². The lowest BCUT2D eigenvalue weighted by atomic mass is 10.0. The molecule has 0 aliphatic heterocycles. The largest absolute Gasteiger partial charge is 0.372 e. The van der Waals surface area contributed by atoms with Crippen LogP contribution in [-0.4, -0.2) is 13.1 Å². The highest BCUT2D eigenvalue weighted by Gasteiger charge is 2.10. The molecule has 21 heavy (non-hydrogen) atoms. The first-order valence-electron chi connectivity index (χ1n) is 7.11. The highest BCUT2D eigenvalue weighted by Crippen LogP contribution is 2.20. The van der Waals surface area contributed by atoms with Crippen molar-refractivity contribution < 1.29 is 4.39 Å². The lowest BCUT2D eigenvalue weighted by Gasteiger charge is -2.25. The molecule has 2 aromatic carbocycles. The minimum absolute atomic E-state index is 0.0132. The Morgan fingerprint density at radius 3 is 2.52 bits per heavy atom. The lowest BCUT2D eigenvalue weighted by molar-refractivity contribution is 0.618. The first-order valence-corrected chi connectivity index (χ1v) is 7.91. The van der Waals surface area contributed by atoms with Crippen LogP contribution in [0, 0.1) is 5.82 Å². The predicted octanol–water partition coefficient (Wildman–Crippen LogP) is 4.50. The molecule has 0 spiro atoms.